The Bertz CT molecular complexity index is 1300. The molecule has 224 valence electrons. The van der Waals surface area contributed by atoms with Crippen molar-refractivity contribution in [3.63, 3.8) is 0 Å². The van der Waals surface area contributed by atoms with Crippen molar-refractivity contribution in [3.8, 4) is 11.1 Å². The molecule has 5 rings (SSSR count). The van der Waals surface area contributed by atoms with Crippen LogP contribution in [0.15, 0.2) is 78.4 Å². The van der Waals surface area contributed by atoms with E-state index in [1.165, 1.54) is 75.2 Å². The van der Waals surface area contributed by atoms with Gasteiger partial charge in [-0.05, 0) is 28.4 Å². The first-order chi connectivity index (χ1) is 18.6. The standard InChI is InChI=1S/C21H25.C11H17.C7H6.2ClH.Zr/c1-20(2,3)16-7-9-18-14(12-16)11-15-13-17(21(4,5)6)8-10-19(15)18;1-5-9-6-7-10(8-9)11(2,3)4;1-7-5-3-2-4-6-7;;;/h7-10,12H,11H2,1-6H3;7-9H,5H2,1-4H3;1-6H;2*1H;/q2*-1;;;;+2/p-2. The normalized spacial score (nSPS) is 15.0. The molecule has 0 saturated carbocycles. The van der Waals surface area contributed by atoms with E-state index >= 15 is 0 Å². The van der Waals surface area contributed by atoms with Crippen LogP contribution in [0.3, 0.4) is 0 Å². The quantitative estimate of drug-likeness (QED) is 0.276. The summed E-state index contributed by atoms with van der Waals surface area (Å²) in [6, 6.07) is 25.5. The molecule has 0 spiro atoms. The molecule has 42 heavy (non-hydrogen) atoms. The number of halogens is 2. The van der Waals surface area contributed by atoms with E-state index in [1.807, 2.05) is 6.07 Å². The summed E-state index contributed by atoms with van der Waals surface area (Å²) in [4.78, 5) is 0. The van der Waals surface area contributed by atoms with Gasteiger partial charge < -0.3 is 24.8 Å². The van der Waals surface area contributed by atoms with Gasteiger partial charge >= 0.3 is 63.8 Å². The fraction of sp³-hybridized carbons (Fsp3) is 0.410. The number of hydrogen-bond acceptors (Lipinski definition) is 0. The molecule has 0 N–H and O–H groups in total. The Morgan fingerprint density at radius 2 is 1.40 bits per heavy atom. The van der Waals surface area contributed by atoms with E-state index in [0.29, 0.717) is 11.3 Å². The molecule has 0 amide bonds. The van der Waals surface area contributed by atoms with E-state index in [1.54, 1.807) is 0 Å². The van der Waals surface area contributed by atoms with Gasteiger partial charge in [-0.2, -0.15) is 35.4 Å². The molecule has 1 atom stereocenters. The van der Waals surface area contributed by atoms with Crippen molar-refractivity contribution in [3.05, 3.63) is 118 Å². The fourth-order valence-electron chi connectivity index (χ4n) is 4.79. The zero-order chi connectivity index (χ0) is 29.7. The first-order valence-electron chi connectivity index (χ1n) is 14.7. The van der Waals surface area contributed by atoms with Crippen molar-refractivity contribution in [1.29, 1.82) is 0 Å². The summed E-state index contributed by atoms with van der Waals surface area (Å²) in [5.41, 5.74) is 11.8. The Morgan fingerprint density at radius 1 is 0.786 bits per heavy atom. The van der Waals surface area contributed by atoms with E-state index in [4.69, 9.17) is 0 Å². The van der Waals surface area contributed by atoms with Crippen LogP contribution in [-0.2, 0) is 41.5 Å². The fourth-order valence-corrected chi connectivity index (χ4v) is 5.26. The van der Waals surface area contributed by atoms with Crippen LogP contribution in [0.25, 0.3) is 11.1 Å². The summed E-state index contributed by atoms with van der Waals surface area (Å²) in [6.07, 6.45) is 10.0. The third-order valence-corrected chi connectivity index (χ3v) is 8.39. The second-order valence-electron chi connectivity index (χ2n) is 14.1. The molecule has 3 heteroatoms. The molecule has 0 aliphatic heterocycles. The summed E-state index contributed by atoms with van der Waals surface area (Å²) in [5, 5.41) is 0. The summed E-state index contributed by atoms with van der Waals surface area (Å²) in [5.74, 6) is 0.573. The molecule has 0 heterocycles. The van der Waals surface area contributed by atoms with E-state index in [0.717, 1.165) is 6.42 Å². The van der Waals surface area contributed by atoms with Gasteiger partial charge in [0.2, 0.25) is 0 Å². The molecule has 2 aliphatic rings. The molecule has 0 radical (unpaired) electrons. The third-order valence-electron chi connectivity index (χ3n) is 7.57. The van der Waals surface area contributed by atoms with Crippen molar-refractivity contribution in [2.45, 2.75) is 92.9 Å². The topological polar surface area (TPSA) is 0 Å². The van der Waals surface area contributed by atoms with Gasteiger partial charge in [0, 0.05) is 0 Å². The van der Waals surface area contributed by atoms with Crippen LogP contribution in [0.2, 0.25) is 0 Å². The third kappa shape index (κ3) is 10.6. The second kappa shape index (κ2) is 16.0. The molecule has 0 aromatic heterocycles. The van der Waals surface area contributed by atoms with Crippen molar-refractivity contribution in [1.82, 2.24) is 0 Å². The Balaban J connectivity index is 0.000000354. The summed E-state index contributed by atoms with van der Waals surface area (Å²) >= 11 is 1.46. The average Bonchev–Trinajstić information content (AvgIpc) is 3.53. The average molecular weight is 679 g/mol. The molecule has 1 unspecified atom stereocenters. The van der Waals surface area contributed by atoms with E-state index in [2.05, 4.69) is 152 Å². The summed E-state index contributed by atoms with van der Waals surface area (Å²) in [6.45, 7) is 22.5. The first kappa shape index (κ1) is 38.5. The molecule has 0 fully saturated rings. The molecule has 0 nitrogen and oxygen atoms in total. The first-order valence-corrected chi connectivity index (χ1v) is 16.1. The van der Waals surface area contributed by atoms with Crippen molar-refractivity contribution >= 4 is 3.71 Å². The zero-order valence-corrected chi connectivity index (χ0v) is 31.2. The van der Waals surface area contributed by atoms with Gasteiger partial charge in [0.1, 0.15) is 0 Å². The van der Waals surface area contributed by atoms with Gasteiger partial charge in [-0.15, -0.1) is 11.1 Å². The number of fused-ring (bicyclic) bond motifs is 3. The second-order valence-corrected chi connectivity index (χ2v) is 14.8. The minimum atomic E-state index is 0. The number of hydrogen-bond donors (Lipinski definition) is 0. The van der Waals surface area contributed by atoms with Crippen LogP contribution in [0.1, 0.15) is 103 Å². The SMILES string of the molecule is CC(C)(C)c1[c-]c2c(cc1)-c1ccc(C(C)(C)C)cc1C2.CCC1[C-]=CC(C(C)(C)C)=C1.[Cl-].[Cl-].[Zr+2]=[CH]c1ccccc1. The van der Waals surface area contributed by atoms with Crippen LogP contribution >= 0.6 is 0 Å². The molecule has 3 aromatic carbocycles. The van der Waals surface area contributed by atoms with Gasteiger partial charge in [-0.1, -0.05) is 111 Å². The molecule has 2 aliphatic carbocycles. The zero-order valence-electron chi connectivity index (χ0n) is 27.3. The molecule has 3 aromatic rings. The molecular weight excluding hydrogens is 631 g/mol. The predicted molar refractivity (Wildman–Crippen MR) is 172 cm³/mol. The Kier molecular flexibility index (Phi) is 14.6. The van der Waals surface area contributed by atoms with Crippen LogP contribution < -0.4 is 24.8 Å². The van der Waals surface area contributed by atoms with Gasteiger partial charge in [0.15, 0.2) is 0 Å². The monoisotopic (exact) mass is 676 g/mol. The Hall–Kier alpha value is -1.53. The molecule has 0 saturated heterocycles. The maximum absolute atomic E-state index is 3.67. The predicted octanol–water partition coefficient (Wildman–Crippen LogP) is 4.40. The van der Waals surface area contributed by atoms with Gasteiger partial charge in [-0.25, -0.2) is 6.08 Å². The van der Waals surface area contributed by atoms with E-state index < -0.39 is 0 Å². The van der Waals surface area contributed by atoms with Crippen LogP contribution in [-0.4, -0.2) is 3.71 Å². The van der Waals surface area contributed by atoms with Crippen molar-refractivity contribution in [2.75, 3.05) is 0 Å². The molecule has 0 bridgehead atoms. The Labute approximate surface area is 284 Å². The van der Waals surface area contributed by atoms with E-state index in [-0.39, 0.29) is 35.6 Å². The van der Waals surface area contributed by atoms with Crippen LogP contribution in [0, 0.1) is 23.5 Å². The number of benzene rings is 3. The van der Waals surface area contributed by atoms with E-state index in [9.17, 15) is 0 Å². The summed E-state index contributed by atoms with van der Waals surface area (Å²) < 4.78 is 2.17. The van der Waals surface area contributed by atoms with Crippen LogP contribution in [0.5, 0.6) is 0 Å². The maximum atomic E-state index is 3.67. The number of allylic oxidation sites excluding steroid dienone is 4. The number of rotatable bonds is 2. The van der Waals surface area contributed by atoms with Crippen LogP contribution in [0.4, 0.5) is 0 Å². The summed E-state index contributed by atoms with van der Waals surface area (Å²) in [7, 11) is 0. The minimum absolute atomic E-state index is 0. The van der Waals surface area contributed by atoms with Gasteiger partial charge in [0.05, 0.1) is 0 Å². The van der Waals surface area contributed by atoms with Gasteiger partial charge in [-0.3, -0.25) is 6.08 Å². The molecular formula is C39H48Cl2Zr-2. The van der Waals surface area contributed by atoms with Gasteiger partial charge in [0.25, 0.3) is 0 Å². The van der Waals surface area contributed by atoms with Crippen molar-refractivity contribution in [2.24, 2.45) is 11.3 Å². The van der Waals surface area contributed by atoms with Crippen molar-refractivity contribution < 1.29 is 49.0 Å². The Morgan fingerprint density at radius 3 is 1.86 bits per heavy atom.